The quantitative estimate of drug-likeness (QED) is 0.486. The second-order valence-corrected chi connectivity index (χ2v) is 2.43. The average molecular weight is 206 g/mol. The molecule has 1 rings (SSSR count). The van der Waals surface area contributed by atoms with Crippen molar-refractivity contribution in [2.24, 2.45) is 5.73 Å². The first-order valence-corrected chi connectivity index (χ1v) is 3.43. The minimum atomic E-state index is -0.113. The standard InChI is InChI=1S/C7H8ClN3.ClH/c8-5-3-1-2-4-6(5)11-7(9)10;/h1-4H,(H4,9,10,11);1H. The molecule has 5 heteroatoms. The Labute approximate surface area is 81.8 Å². The van der Waals surface area contributed by atoms with E-state index < -0.39 is 0 Å². The molecule has 0 aliphatic rings. The summed E-state index contributed by atoms with van der Waals surface area (Å²) >= 11 is 5.75. The molecule has 0 saturated heterocycles. The van der Waals surface area contributed by atoms with E-state index in [1.807, 2.05) is 12.1 Å². The number of hydrogen-bond acceptors (Lipinski definition) is 1. The Bertz CT molecular complexity index is 275. The van der Waals surface area contributed by atoms with Gasteiger partial charge in [-0.1, -0.05) is 23.7 Å². The molecule has 0 spiro atoms. The predicted octanol–water partition coefficient (Wildman–Crippen LogP) is 2.07. The first-order chi connectivity index (χ1) is 5.20. The fraction of sp³-hybridized carbons (Fsp3) is 0. The fourth-order valence-electron chi connectivity index (χ4n) is 0.708. The predicted molar refractivity (Wildman–Crippen MR) is 54.2 cm³/mol. The third-order valence-corrected chi connectivity index (χ3v) is 1.47. The van der Waals surface area contributed by atoms with Crippen molar-refractivity contribution >= 4 is 35.7 Å². The first kappa shape index (κ1) is 11.1. The van der Waals surface area contributed by atoms with Gasteiger partial charge in [-0.05, 0) is 12.1 Å². The van der Waals surface area contributed by atoms with Gasteiger partial charge >= 0.3 is 0 Å². The van der Waals surface area contributed by atoms with Crippen LogP contribution in [0.15, 0.2) is 24.3 Å². The Kier molecular flexibility index (Phi) is 4.47. The number of guanidine groups is 1. The van der Waals surface area contributed by atoms with Crippen LogP contribution in [-0.2, 0) is 0 Å². The van der Waals surface area contributed by atoms with Gasteiger partial charge in [0.1, 0.15) is 0 Å². The van der Waals surface area contributed by atoms with Crippen LogP contribution in [0.5, 0.6) is 0 Å². The van der Waals surface area contributed by atoms with Crippen LogP contribution in [0.25, 0.3) is 0 Å². The Morgan fingerprint density at radius 2 is 2.00 bits per heavy atom. The van der Waals surface area contributed by atoms with Crippen LogP contribution in [0.4, 0.5) is 5.69 Å². The summed E-state index contributed by atoms with van der Waals surface area (Å²) in [7, 11) is 0. The van der Waals surface area contributed by atoms with Crippen molar-refractivity contribution in [2.75, 3.05) is 5.32 Å². The molecule has 0 amide bonds. The van der Waals surface area contributed by atoms with E-state index in [1.165, 1.54) is 0 Å². The molecule has 3 nitrogen and oxygen atoms in total. The van der Waals surface area contributed by atoms with Crippen LogP contribution in [0.1, 0.15) is 0 Å². The number of anilines is 1. The van der Waals surface area contributed by atoms with Gasteiger partial charge in [0, 0.05) is 0 Å². The number of benzene rings is 1. The van der Waals surface area contributed by atoms with Crippen molar-refractivity contribution in [3.8, 4) is 0 Å². The first-order valence-electron chi connectivity index (χ1n) is 3.06. The van der Waals surface area contributed by atoms with Gasteiger partial charge in [-0.2, -0.15) is 0 Å². The highest BCUT2D eigenvalue weighted by Gasteiger charge is 1.96. The maximum Gasteiger partial charge on any atom is 0.190 e. The summed E-state index contributed by atoms with van der Waals surface area (Å²) in [5.74, 6) is -0.113. The Morgan fingerprint density at radius 3 is 2.50 bits per heavy atom. The van der Waals surface area contributed by atoms with E-state index in [1.54, 1.807) is 12.1 Å². The molecule has 1 aromatic rings. The Morgan fingerprint density at radius 1 is 1.42 bits per heavy atom. The van der Waals surface area contributed by atoms with E-state index in [4.69, 9.17) is 22.7 Å². The van der Waals surface area contributed by atoms with Crippen molar-refractivity contribution in [3.05, 3.63) is 29.3 Å². The van der Waals surface area contributed by atoms with Crippen molar-refractivity contribution in [2.45, 2.75) is 0 Å². The molecule has 0 radical (unpaired) electrons. The van der Waals surface area contributed by atoms with Gasteiger partial charge in [-0.15, -0.1) is 12.4 Å². The summed E-state index contributed by atoms with van der Waals surface area (Å²) in [5, 5.41) is 10.1. The maximum atomic E-state index is 6.94. The number of hydrogen-bond donors (Lipinski definition) is 3. The van der Waals surface area contributed by atoms with E-state index in [2.05, 4.69) is 5.32 Å². The smallest absolute Gasteiger partial charge is 0.190 e. The van der Waals surface area contributed by atoms with Crippen LogP contribution in [-0.4, -0.2) is 5.96 Å². The summed E-state index contributed by atoms with van der Waals surface area (Å²) < 4.78 is 0. The molecule has 0 aromatic heterocycles. The van der Waals surface area contributed by atoms with Crippen LogP contribution >= 0.6 is 24.0 Å². The monoisotopic (exact) mass is 205 g/mol. The topological polar surface area (TPSA) is 61.9 Å². The number of para-hydroxylation sites is 1. The zero-order valence-corrected chi connectivity index (χ0v) is 7.75. The molecule has 1 aromatic carbocycles. The van der Waals surface area contributed by atoms with Crippen LogP contribution < -0.4 is 11.1 Å². The van der Waals surface area contributed by atoms with E-state index in [0.29, 0.717) is 10.7 Å². The lowest BCUT2D eigenvalue weighted by Crippen LogP contribution is -2.20. The second-order valence-electron chi connectivity index (χ2n) is 2.02. The zero-order valence-electron chi connectivity index (χ0n) is 6.17. The van der Waals surface area contributed by atoms with Gasteiger partial charge in [0.2, 0.25) is 0 Å². The van der Waals surface area contributed by atoms with Crippen molar-refractivity contribution in [1.29, 1.82) is 5.41 Å². The van der Waals surface area contributed by atoms with E-state index in [0.717, 1.165) is 0 Å². The third-order valence-electron chi connectivity index (χ3n) is 1.14. The number of halogens is 2. The van der Waals surface area contributed by atoms with E-state index in [9.17, 15) is 0 Å². The summed E-state index contributed by atoms with van der Waals surface area (Å²) in [4.78, 5) is 0. The molecular formula is C7H9Cl2N3. The Hall–Kier alpha value is -0.930. The van der Waals surface area contributed by atoms with Crippen LogP contribution in [0, 0.1) is 5.41 Å². The normalized spacial score (nSPS) is 8.42. The van der Waals surface area contributed by atoms with Crippen LogP contribution in [0.3, 0.4) is 0 Å². The van der Waals surface area contributed by atoms with Gasteiger partial charge in [-0.25, -0.2) is 0 Å². The molecule has 0 aliphatic carbocycles. The molecule has 0 unspecified atom stereocenters. The van der Waals surface area contributed by atoms with Crippen molar-refractivity contribution in [1.82, 2.24) is 0 Å². The van der Waals surface area contributed by atoms with Gasteiger partial charge in [0.05, 0.1) is 10.7 Å². The van der Waals surface area contributed by atoms with Gasteiger partial charge in [0.25, 0.3) is 0 Å². The van der Waals surface area contributed by atoms with Crippen molar-refractivity contribution < 1.29 is 0 Å². The third kappa shape index (κ3) is 2.98. The zero-order chi connectivity index (χ0) is 8.27. The molecule has 0 fully saturated rings. The maximum absolute atomic E-state index is 6.94. The summed E-state index contributed by atoms with van der Waals surface area (Å²) in [5.41, 5.74) is 5.76. The van der Waals surface area contributed by atoms with E-state index in [-0.39, 0.29) is 18.4 Å². The summed E-state index contributed by atoms with van der Waals surface area (Å²) in [6.07, 6.45) is 0. The van der Waals surface area contributed by atoms with Gasteiger partial charge in [-0.3, -0.25) is 5.41 Å². The highest BCUT2D eigenvalue weighted by atomic mass is 35.5. The lowest BCUT2D eigenvalue weighted by Gasteiger charge is -2.03. The summed E-state index contributed by atoms with van der Waals surface area (Å²) in [6.45, 7) is 0. The van der Waals surface area contributed by atoms with Gasteiger partial charge in [0.15, 0.2) is 5.96 Å². The second kappa shape index (κ2) is 4.85. The largest absolute Gasteiger partial charge is 0.370 e. The highest BCUT2D eigenvalue weighted by molar-refractivity contribution is 6.33. The number of nitrogens with one attached hydrogen (secondary N) is 2. The molecule has 4 N–H and O–H groups in total. The molecule has 0 saturated carbocycles. The van der Waals surface area contributed by atoms with Gasteiger partial charge < -0.3 is 11.1 Å². The van der Waals surface area contributed by atoms with E-state index >= 15 is 0 Å². The summed E-state index contributed by atoms with van der Waals surface area (Å²) in [6, 6.07) is 7.11. The molecule has 12 heavy (non-hydrogen) atoms. The SMILES string of the molecule is Cl.N=C(N)Nc1ccccc1Cl. The highest BCUT2D eigenvalue weighted by Crippen LogP contribution is 2.19. The Balaban J connectivity index is 0.00000121. The minimum Gasteiger partial charge on any atom is -0.370 e. The fourth-order valence-corrected chi connectivity index (χ4v) is 0.891. The lowest BCUT2D eigenvalue weighted by atomic mass is 10.3. The average Bonchev–Trinajstić information content (AvgIpc) is 1.93. The number of nitrogens with two attached hydrogens (primary N) is 1. The minimum absolute atomic E-state index is 0. The number of rotatable bonds is 1. The lowest BCUT2D eigenvalue weighted by molar-refractivity contribution is 1.41. The molecule has 0 bridgehead atoms. The van der Waals surface area contributed by atoms with Crippen LogP contribution in [0.2, 0.25) is 5.02 Å². The van der Waals surface area contributed by atoms with Crippen molar-refractivity contribution in [3.63, 3.8) is 0 Å². The molecule has 0 aliphatic heterocycles. The molecule has 0 atom stereocenters. The molecular weight excluding hydrogens is 197 g/mol. The molecule has 0 heterocycles. The molecule has 66 valence electrons.